The summed E-state index contributed by atoms with van der Waals surface area (Å²) in [6.07, 6.45) is 5.57. The van der Waals surface area contributed by atoms with Gasteiger partial charge in [-0.2, -0.15) is 0 Å². The number of pyridine rings is 1. The normalized spacial score (nSPS) is 23.6. The van der Waals surface area contributed by atoms with Crippen LogP contribution in [0.5, 0.6) is 0 Å². The van der Waals surface area contributed by atoms with E-state index >= 15 is 0 Å². The van der Waals surface area contributed by atoms with E-state index in [0.29, 0.717) is 13.2 Å². The average Bonchev–Trinajstić information content (AvgIpc) is 2.83. The molecule has 0 amide bonds. The molecule has 1 saturated carbocycles. The van der Waals surface area contributed by atoms with Crippen LogP contribution in [0.15, 0.2) is 23.1 Å². The summed E-state index contributed by atoms with van der Waals surface area (Å²) in [4.78, 5) is 12.1. The van der Waals surface area contributed by atoms with Gasteiger partial charge in [0.2, 0.25) is 0 Å². The summed E-state index contributed by atoms with van der Waals surface area (Å²) in [5, 5.41) is 0. The van der Waals surface area contributed by atoms with Crippen LogP contribution in [-0.2, 0) is 9.47 Å². The molecule has 3 rings (SSSR count). The molecule has 2 aliphatic rings. The average molecular weight is 249 g/mol. The number of ether oxygens (including phenoxy) is 2. The Bertz CT molecular complexity index is 478. The van der Waals surface area contributed by atoms with Gasteiger partial charge in [-0.05, 0) is 25.8 Å². The molecule has 1 spiro atoms. The maximum atomic E-state index is 12.1. The van der Waals surface area contributed by atoms with Gasteiger partial charge in [0.25, 0.3) is 5.56 Å². The second-order valence-corrected chi connectivity index (χ2v) is 5.24. The van der Waals surface area contributed by atoms with E-state index in [0.717, 1.165) is 31.2 Å². The molecule has 2 heterocycles. The number of nitrogens with zero attached hydrogens (tertiary/aromatic N) is 1. The van der Waals surface area contributed by atoms with Crippen LogP contribution in [0.25, 0.3) is 0 Å². The van der Waals surface area contributed by atoms with E-state index in [-0.39, 0.29) is 17.4 Å². The predicted molar refractivity (Wildman–Crippen MR) is 67.6 cm³/mol. The Hall–Kier alpha value is -1.13. The van der Waals surface area contributed by atoms with E-state index in [1.54, 1.807) is 0 Å². The first kappa shape index (κ1) is 11.9. The van der Waals surface area contributed by atoms with Crippen molar-refractivity contribution in [3.63, 3.8) is 0 Å². The minimum Gasteiger partial charge on any atom is -0.348 e. The minimum absolute atomic E-state index is 0.131. The molecule has 1 aliphatic heterocycles. The molecular weight excluding hydrogens is 230 g/mol. The summed E-state index contributed by atoms with van der Waals surface area (Å²) in [7, 11) is 0. The van der Waals surface area contributed by atoms with Crippen molar-refractivity contribution in [3.05, 3.63) is 34.2 Å². The number of aromatic nitrogens is 1. The molecule has 0 atom stereocenters. The number of aryl methyl sites for hydroxylation is 1. The van der Waals surface area contributed by atoms with Crippen LogP contribution < -0.4 is 5.56 Å². The lowest BCUT2D eigenvalue weighted by atomic mass is 9.89. The van der Waals surface area contributed by atoms with Gasteiger partial charge in [-0.3, -0.25) is 4.79 Å². The van der Waals surface area contributed by atoms with Crippen LogP contribution in [0.1, 0.15) is 37.3 Å². The first-order valence-electron chi connectivity index (χ1n) is 6.66. The fourth-order valence-electron chi connectivity index (χ4n) is 3.02. The fourth-order valence-corrected chi connectivity index (χ4v) is 3.02. The van der Waals surface area contributed by atoms with Gasteiger partial charge < -0.3 is 14.0 Å². The summed E-state index contributed by atoms with van der Waals surface area (Å²) in [5.74, 6) is -0.343. The summed E-state index contributed by atoms with van der Waals surface area (Å²) in [6.45, 7) is 3.27. The monoisotopic (exact) mass is 249 g/mol. The molecule has 0 aromatic carbocycles. The Morgan fingerprint density at radius 3 is 2.61 bits per heavy atom. The lowest BCUT2D eigenvalue weighted by molar-refractivity contribution is -0.181. The van der Waals surface area contributed by atoms with Gasteiger partial charge in [0.05, 0.1) is 13.2 Å². The zero-order valence-corrected chi connectivity index (χ0v) is 10.7. The Labute approximate surface area is 107 Å². The van der Waals surface area contributed by atoms with E-state index in [1.165, 1.54) is 0 Å². The molecule has 2 fully saturated rings. The topological polar surface area (TPSA) is 40.5 Å². The predicted octanol–water partition coefficient (Wildman–Crippen LogP) is 2.01. The van der Waals surface area contributed by atoms with Crippen molar-refractivity contribution >= 4 is 0 Å². The van der Waals surface area contributed by atoms with Crippen LogP contribution in [-0.4, -0.2) is 23.6 Å². The highest BCUT2D eigenvalue weighted by molar-refractivity contribution is 5.08. The highest BCUT2D eigenvalue weighted by atomic mass is 16.7. The van der Waals surface area contributed by atoms with Gasteiger partial charge in [-0.15, -0.1) is 0 Å². The highest BCUT2D eigenvalue weighted by Crippen LogP contribution is 2.39. The summed E-state index contributed by atoms with van der Waals surface area (Å²) >= 11 is 0. The van der Waals surface area contributed by atoms with Crippen LogP contribution >= 0.6 is 0 Å². The second-order valence-electron chi connectivity index (χ2n) is 5.24. The summed E-state index contributed by atoms with van der Waals surface area (Å²) in [5.41, 5.74) is 0.942. The third kappa shape index (κ3) is 1.99. The van der Waals surface area contributed by atoms with Gasteiger partial charge in [0.15, 0.2) is 5.79 Å². The smallest absolute Gasteiger partial charge is 0.253 e. The van der Waals surface area contributed by atoms with Crippen molar-refractivity contribution < 1.29 is 9.47 Å². The third-order valence-electron chi connectivity index (χ3n) is 4.09. The molecule has 1 aliphatic carbocycles. The van der Waals surface area contributed by atoms with Crippen LogP contribution in [0.4, 0.5) is 0 Å². The molecule has 98 valence electrons. The Morgan fingerprint density at radius 2 is 1.94 bits per heavy atom. The molecule has 1 aromatic rings. The molecule has 4 heteroatoms. The fraction of sp³-hybridized carbons (Fsp3) is 0.643. The van der Waals surface area contributed by atoms with Crippen molar-refractivity contribution in [2.24, 2.45) is 0 Å². The molecule has 1 aromatic heterocycles. The van der Waals surface area contributed by atoms with E-state index in [4.69, 9.17) is 9.47 Å². The zero-order chi connectivity index (χ0) is 12.6. The maximum Gasteiger partial charge on any atom is 0.253 e. The van der Waals surface area contributed by atoms with Gasteiger partial charge in [0, 0.05) is 30.6 Å². The number of hydrogen-bond donors (Lipinski definition) is 0. The molecule has 0 radical (unpaired) electrons. The first-order valence-corrected chi connectivity index (χ1v) is 6.66. The van der Waals surface area contributed by atoms with Gasteiger partial charge in [0.1, 0.15) is 0 Å². The van der Waals surface area contributed by atoms with Gasteiger partial charge in [-0.1, -0.05) is 6.07 Å². The van der Waals surface area contributed by atoms with Crippen molar-refractivity contribution in [1.82, 2.24) is 4.57 Å². The molecule has 0 N–H and O–H groups in total. The van der Waals surface area contributed by atoms with E-state index in [2.05, 4.69) is 0 Å². The molecule has 0 unspecified atom stereocenters. The van der Waals surface area contributed by atoms with Crippen molar-refractivity contribution in [2.45, 2.75) is 44.4 Å². The maximum absolute atomic E-state index is 12.1. The summed E-state index contributed by atoms with van der Waals surface area (Å²) < 4.78 is 13.3. The van der Waals surface area contributed by atoms with Crippen molar-refractivity contribution in [1.29, 1.82) is 0 Å². The number of rotatable bonds is 1. The van der Waals surface area contributed by atoms with E-state index in [9.17, 15) is 4.79 Å². The quantitative estimate of drug-likeness (QED) is 0.764. The van der Waals surface area contributed by atoms with Crippen LogP contribution in [0, 0.1) is 6.92 Å². The summed E-state index contributed by atoms with van der Waals surface area (Å²) in [6, 6.07) is 4.10. The molecule has 4 nitrogen and oxygen atoms in total. The third-order valence-corrected chi connectivity index (χ3v) is 4.09. The second kappa shape index (κ2) is 4.52. The molecule has 1 saturated heterocycles. The Morgan fingerprint density at radius 1 is 1.28 bits per heavy atom. The van der Waals surface area contributed by atoms with E-state index < -0.39 is 0 Å². The minimum atomic E-state index is -0.343. The molecule has 18 heavy (non-hydrogen) atoms. The van der Waals surface area contributed by atoms with E-state index in [1.807, 2.05) is 29.8 Å². The molecule has 0 bridgehead atoms. The number of hydrogen-bond acceptors (Lipinski definition) is 3. The standard InChI is InChI=1S/C14H19NO3/c1-11-3-2-8-15(13(11)16)12-4-6-14(7-5-12)17-9-10-18-14/h2-3,8,12H,4-7,9-10H2,1H3. The van der Waals surface area contributed by atoms with Crippen LogP contribution in [0.2, 0.25) is 0 Å². The highest BCUT2D eigenvalue weighted by Gasteiger charge is 2.40. The Balaban J connectivity index is 1.76. The zero-order valence-electron chi connectivity index (χ0n) is 10.7. The van der Waals surface area contributed by atoms with Crippen molar-refractivity contribution in [2.75, 3.05) is 13.2 Å². The largest absolute Gasteiger partial charge is 0.348 e. The van der Waals surface area contributed by atoms with Crippen molar-refractivity contribution in [3.8, 4) is 0 Å². The lowest BCUT2D eigenvalue weighted by Crippen LogP contribution is -2.38. The van der Waals surface area contributed by atoms with Crippen LogP contribution in [0.3, 0.4) is 0 Å². The SMILES string of the molecule is Cc1cccn(C2CCC3(CC2)OCCO3)c1=O. The Kier molecular flexibility index (Phi) is 2.99. The van der Waals surface area contributed by atoms with Gasteiger partial charge >= 0.3 is 0 Å². The van der Waals surface area contributed by atoms with Gasteiger partial charge in [-0.25, -0.2) is 0 Å². The molecular formula is C14H19NO3. The lowest BCUT2D eigenvalue weighted by Gasteiger charge is -2.36. The first-order chi connectivity index (χ1) is 8.70.